The quantitative estimate of drug-likeness (QED) is 0.421. The minimum absolute atomic E-state index is 0.0552. The molecule has 7 nitrogen and oxygen atoms in total. The molecule has 4 rings (SSSR count). The van der Waals surface area contributed by atoms with Gasteiger partial charge in [-0.1, -0.05) is 24.3 Å². The van der Waals surface area contributed by atoms with E-state index in [4.69, 9.17) is 0 Å². The van der Waals surface area contributed by atoms with Crippen LogP contribution in [0.15, 0.2) is 30.5 Å². The maximum Gasteiger partial charge on any atom is 0.158 e. The summed E-state index contributed by atoms with van der Waals surface area (Å²) >= 11 is 0. The summed E-state index contributed by atoms with van der Waals surface area (Å²) in [6.45, 7) is 0. The van der Waals surface area contributed by atoms with Crippen molar-refractivity contribution in [2.75, 3.05) is 0 Å². The molecule has 7 heteroatoms. The fourth-order valence-electron chi connectivity index (χ4n) is 3.82. The molecular formula is C23H5N7. The molecule has 1 aromatic heterocycles. The van der Waals surface area contributed by atoms with Crippen molar-refractivity contribution in [2.24, 2.45) is 0 Å². The number of pyridine rings is 1. The van der Waals surface area contributed by atoms with E-state index in [-0.39, 0.29) is 44.3 Å². The van der Waals surface area contributed by atoms with Crippen molar-refractivity contribution >= 4 is 32.3 Å². The van der Waals surface area contributed by atoms with Crippen molar-refractivity contribution in [1.82, 2.24) is 4.98 Å². The molecule has 0 amide bonds. The molecule has 0 fully saturated rings. The van der Waals surface area contributed by atoms with Crippen LogP contribution in [0.5, 0.6) is 0 Å². The number of benzene rings is 3. The lowest BCUT2D eigenvalue weighted by Gasteiger charge is -2.15. The molecule has 3 aromatic carbocycles. The fourth-order valence-corrected chi connectivity index (χ4v) is 3.82. The lowest BCUT2D eigenvalue weighted by molar-refractivity contribution is 1.27. The third kappa shape index (κ3) is 2.10. The molecule has 0 bridgehead atoms. The lowest BCUT2D eigenvalue weighted by Crippen LogP contribution is -2.01. The molecular weight excluding hydrogens is 374 g/mol. The summed E-state index contributed by atoms with van der Waals surface area (Å²) in [5.41, 5.74) is -0.793. The molecule has 4 aromatic rings. The van der Waals surface area contributed by atoms with Crippen molar-refractivity contribution in [3.8, 4) is 36.4 Å². The van der Waals surface area contributed by atoms with Gasteiger partial charge in [-0.3, -0.25) is 0 Å². The van der Waals surface area contributed by atoms with Crippen LogP contribution >= 0.6 is 0 Å². The van der Waals surface area contributed by atoms with Gasteiger partial charge in [-0.2, -0.15) is 31.6 Å². The second-order valence-electron chi connectivity index (χ2n) is 6.24. The SMILES string of the molecule is N#Cc1ncc2c3ccccc3c3c(C#N)c(C#N)c(C#N)c(C#N)c3c2c1C#N. The van der Waals surface area contributed by atoms with E-state index in [1.54, 1.807) is 24.3 Å². The molecule has 132 valence electrons. The summed E-state index contributed by atoms with van der Waals surface area (Å²) in [4.78, 5) is 4.08. The van der Waals surface area contributed by atoms with Crippen molar-refractivity contribution in [3.63, 3.8) is 0 Å². The number of nitrogens with zero attached hydrogens (tertiary/aromatic N) is 7. The highest BCUT2D eigenvalue weighted by Crippen LogP contribution is 2.42. The van der Waals surface area contributed by atoms with Gasteiger partial charge in [-0.15, -0.1) is 0 Å². The number of hydrogen-bond donors (Lipinski definition) is 0. The van der Waals surface area contributed by atoms with Gasteiger partial charge in [0.25, 0.3) is 0 Å². The molecule has 0 saturated heterocycles. The Hall–Kier alpha value is -5.47. The molecule has 0 N–H and O–H groups in total. The topological polar surface area (TPSA) is 156 Å². The minimum Gasteiger partial charge on any atom is -0.243 e. The highest BCUT2D eigenvalue weighted by atomic mass is 14.7. The summed E-state index contributed by atoms with van der Waals surface area (Å²) in [6.07, 6.45) is 1.44. The van der Waals surface area contributed by atoms with Gasteiger partial charge in [0, 0.05) is 27.7 Å². The van der Waals surface area contributed by atoms with Gasteiger partial charge in [-0.25, -0.2) is 4.98 Å². The molecule has 30 heavy (non-hydrogen) atoms. The molecule has 0 spiro atoms. The van der Waals surface area contributed by atoms with E-state index < -0.39 is 0 Å². The van der Waals surface area contributed by atoms with Crippen molar-refractivity contribution in [2.45, 2.75) is 0 Å². The summed E-state index contributed by atoms with van der Waals surface area (Å²) in [6, 6.07) is 18.5. The highest BCUT2D eigenvalue weighted by molar-refractivity contribution is 6.29. The standard InChI is InChI=1S/C23H5N7/c24-5-14-15(6-25)17(8-27)23-21(16(14)7-26)13-4-2-1-3-12(13)19-11-30-20(10-29)18(9-28)22(19)23/h1-4,11H. The first-order valence-corrected chi connectivity index (χ1v) is 8.44. The predicted molar refractivity (Wildman–Crippen MR) is 105 cm³/mol. The molecule has 0 atom stereocenters. The minimum atomic E-state index is -0.236. The number of hydrogen-bond acceptors (Lipinski definition) is 7. The highest BCUT2D eigenvalue weighted by Gasteiger charge is 2.25. The number of rotatable bonds is 0. The van der Waals surface area contributed by atoms with Gasteiger partial charge in [0.15, 0.2) is 5.69 Å². The number of fused-ring (bicyclic) bond motifs is 6. The van der Waals surface area contributed by atoms with E-state index in [0.717, 1.165) is 0 Å². The molecule has 0 aliphatic rings. The van der Waals surface area contributed by atoms with Crippen LogP contribution in [-0.4, -0.2) is 4.98 Å². The lowest BCUT2D eigenvalue weighted by atomic mass is 9.84. The van der Waals surface area contributed by atoms with Gasteiger partial charge < -0.3 is 0 Å². The Morgan fingerprint density at radius 1 is 0.500 bits per heavy atom. The fraction of sp³-hybridized carbons (Fsp3) is 0. The summed E-state index contributed by atoms with van der Waals surface area (Å²) < 4.78 is 0. The van der Waals surface area contributed by atoms with Crippen LogP contribution in [-0.2, 0) is 0 Å². The monoisotopic (exact) mass is 379 g/mol. The predicted octanol–water partition coefficient (Wildman–Crippen LogP) is 3.77. The van der Waals surface area contributed by atoms with Crippen molar-refractivity contribution in [1.29, 1.82) is 31.6 Å². The Morgan fingerprint density at radius 3 is 1.53 bits per heavy atom. The van der Waals surface area contributed by atoms with Crippen LogP contribution in [0.2, 0.25) is 0 Å². The maximum atomic E-state index is 9.90. The van der Waals surface area contributed by atoms with Crippen LogP contribution in [0, 0.1) is 68.0 Å². The van der Waals surface area contributed by atoms with E-state index in [2.05, 4.69) is 4.98 Å². The van der Waals surface area contributed by atoms with Crippen LogP contribution in [0.1, 0.15) is 33.5 Å². The number of aromatic nitrogens is 1. The van der Waals surface area contributed by atoms with Crippen molar-refractivity contribution < 1.29 is 0 Å². The van der Waals surface area contributed by atoms with E-state index in [0.29, 0.717) is 21.5 Å². The Morgan fingerprint density at radius 2 is 1.00 bits per heavy atom. The van der Waals surface area contributed by atoms with Crippen LogP contribution in [0.4, 0.5) is 0 Å². The molecule has 0 aliphatic heterocycles. The average Bonchev–Trinajstić information content (AvgIpc) is 2.80. The second kappa shape index (κ2) is 6.60. The smallest absolute Gasteiger partial charge is 0.158 e. The first-order chi connectivity index (χ1) is 14.7. The Bertz CT molecular complexity index is 1680. The summed E-state index contributed by atoms with van der Waals surface area (Å²) in [5.74, 6) is 0. The average molecular weight is 379 g/mol. The molecule has 0 saturated carbocycles. The van der Waals surface area contributed by atoms with Gasteiger partial charge in [0.2, 0.25) is 0 Å². The van der Waals surface area contributed by atoms with Gasteiger partial charge >= 0.3 is 0 Å². The molecule has 0 aliphatic carbocycles. The third-order valence-electron chi connectivity index (χ3n) is 4.98. The molecule has 1 heterocycles. The van der Waals surface area contributed by atoms with Crippen molar-refractivity contribution in [3.05, 3.63) is 64.0 Å². The van der Waals surface area contributed by atoms with E-state index in [9.17, 15) is 31.6 Å². The van der Waals surface area contributed by atoms with Gasteiger partial charge in [0.1, 0.15) is 36.4 Å². The zero-order valence-corrected chi connectivity index (χ0v) is 15.0. The Kier molecular flexibility index (Phi) is 3.94. The van der Waals surface area contributed by atoms with Crippen LogP contribution in [0.3, 0.4) is 0 Å². The maximum absolute atomic E-state index is 9.90. The largest absolute Gasteiger partial charge is 0.243 e. The second-order valence-corrected chi connectivity index (χ2v) is 6.24. The molecule has 0 radical (unpaired) electrons. The van der Waals surface area contributed by atoms with E-state index >= 15 is 0 Å². The first-order valence-electron chi connectivity index (χ1n) is 8.44. The number of nitriles is 6. The van der Waals surface area contributed by atoms with Crippen LogP contribution < -0.4 is 0 Å². The van der Waals surface area contributed by atoms with E-state index in [1.165, 1.54) is 6.20 Å². The normalized spacial score (nSPS) is 9.80. The van der Waals surface area contributed by atoms with E-state index in [1.807, 2.05) is 36.4 Å². The first kappa shape index (κ1) is 17.9. The van der Waals surface area contributed by atoms with Gasteiger partial charge in [-0.05, 0) is 10.8 Å². The third-order valence-corrected chi connectivity index (χ3v) is 4.98. The Balaban J connectivity index is 2.63. The molecule has 0 unspecified atom stereocenters. The summed E-state index contributed by atoms with van der Waals surface area (Å²) in [5, 5.41) is 60.7. The van der Waals surface area contributed by atoms with Crippen LogP contribution in [0.25, 0.3) is 32.3 Å². The zero-order chi connectivity index (χ0) is 21.4. The zero-order valence-electron chi connectivity index (χ0n) is 15.0. The summed E-state index contributed by atoms with van der Waals surface area (Å²) in [7, 11) is 0. The van der Waals surface area contributed by atoms with Gasteiger partial charge in [0.05, 0.1) is 27.8 Å². The Labute approximate surface area is 169 Å².